The first-order valence-corrected chi connectivity index (χ1v) is 29.2. The molecule has 0 bridgehead atoms. The zero-order chi connectivity index (χ0) is 55.4. The predicted molar refractivity (Wildman–Crippen MR) is 302 cm³/mol. The summed E-state index contributed by atoms with van der Waals surface area (Å²) in [4.78, 5) is 41.1. The summed E-state index contributed by atoms with van der Waals surface area (Å²) in [6.45, 7) is 15.2. The van der Waals surface area contributed by atoms with E-state index in [0.717, 1.165) is 87.8 Å². The molecule has 2 aromatic heterocycles. The molecule has 2 saturated heterocycles. The molecule has 3 aliphatic heterocycles. The molecule has 1 atom stereocenters. The third-order valence-corrected chi connectivity index (χ3v) is 18.5. The molecule has 0 unspecified atom stereocenters. The predicted octanol–water partition coefficient (Wildman–Crippen LogP) is 10.7. The molecule has 5 aliphatic rings. The number of hydrogen-bond donors (Lipinski definition) is 4. The summed E-state index contributed by atoms with van der Waals surface area (Å²) in [6.07, 6.45) is 10.1. The Bertz CT molecular complexity index is 3360. The quantitative estimate of drug-likeness (QED) is 0.0524. The highest BCUT2D eigenvalue weighted by atomic mass is 32.2. The number of aromatic amines is 1. The van der Waals surface area contributed by atoms with E-state index in [9.17, 15) is 28.4 Å². The maximum absolute atomic E-state index is 14.5. The van der Waals surface area contributed by atoms with Gasteiger partial charge in [0.05, 0.1) is 29.4 Å². The number of methoxy groups -OCH3 is 1. The number of nitro benzene ring substituents is 1. The summed E-state index contributed by atoms with van der Waals surface area (Å²) >= 11 is 0. The SMILES string of the molecule is COc1ccc(CN2CCN(C3CC4(CCN(c5ccc(C(=O)NS(=O)(=O)c6cc([N+](=O)[O-])c(NCC7CCC(C)(O)CC7)c7c6OC(C)(C)O7)c(Oc6cnc7[nH]ccc7c6)c5)CC4)C3)[C@H](c3ccccc3C(C)C)C2)cc1. The van der Waals surface area contributed by atoms with Crippen molar-refractivity contribution >= 4 is 44.0 Å². The van der Waals surface area contributed by atoms with Crippen molar-refractivity contribution in [2.45, 2.75) is 127 Å². The topological polar surface area (TPSA) is 214 Å². The van der Waals surface area contributed by atoms with E-state index >= 15 is 0 Å². The van der Waals surface area contributed by atoms with Crippen LogP contribution in [0.1, 0.15) is 125 Å². The van der Waals surface area contributed by atoms with Crippen LogP contribution in [0, 0.1) is 21.4 Å². The third kappa shape index (κ3) is 11.3. The van der Waals surface area contributed by atoms with Crippen molar-refractivity contribution < 1.29 is 42.2 Å². The number of nitrogens with one attached hydrogen (secondary N) is 3. The summed E-state index contributed by atoms with van der Waals surface area (Å²) in [5.41, 5.74) is 4.35. The molecule has 18 nitrogen and oxygen atoms in total. The van der Waals surface area contributed by atoms with Gasteiger partial charge in [-0.05, 0) is 129 Å². The highest BCUT2D eigenvalue weighted by Gasteiger charge is 2.50. The van der Waals surface area contributed by atoms with E-state index in [1.807, 2.05) is 24.3 Å². The number of hydrogen-bond acceptors (Lipinski definition) is 15. The van der Waals surface area contributed by atoms with E-state index in [1.54, 1.807) is 52.3 Å². The molecule has 6 aromatic rings. The van der Waals surface area contributed by atoms with Crippen LogP contribution in [0.2, 0.25) is 0 Å². The molecule has 79 heavy (non-hydrogen) atoms. The Hall–Kier alpha value is -6.93. The Kier molecular flexibility index (Phi) is 14.6. The molecule has 2 saturated carbocycles. The molecule has 4 fully saturated rings. The van der Waals surface area contributed by atoms with Gasteiger partial charge in [-0.2, -0.15) is 0 Å². The average Bonchev–Trinajstić information content (AvgIpc) is 4.29. The van der Waals surface area contributed by atoms with Crippen molar-refractivity contribution in [3.63, 3.8) is 0 Å². The Morgan fingerprint density at radius 2 is 1.66 bits per heavy atom. The fourth-order valence-electron chi connectivity index (χ4n) is 12.8. The molecule has 4 aromatic carbocycles. The molecular weight excluding hydrogens is 1020 g/mol. The normalized spacial score (nSPS) is 22.2. The number of fused-ring (bicyclic) bond motifs is 2. The van der Waals surface area contributed by atoms with Gasteiger partial charge in [-0.15, -0.1) is 0 Å². The number of pyridine rings is 1. The van der Waals surface area contributed by atoms with Gasteiger partial charge in [0.15, 0.2) is 17.2 Å². The van der Waals surface area contributed by atoms with E-state index in [-0.39, 0.29) is 45.9 Å². The monoisotopic (exact) mass is 1100 g/mol. The van der Waals surface area contributed by atoms with Crippen LogP contribution in [0.25, 0.3) is 11.0 Å². The van der Waals surface area contributed by atoms with Crippen molar-refractivity contribution in [2.24, 2.45) is 11.3 Å². The number of aromatic nitrogens is 2. The average molecular weight is 1100 g/mol. The van der Waals surface area contributed by atoms with Crippen LogP contribution in [-0.2, 0) is 16.6 Å². The largest absolute Gasteiger partial charge is 0.497 e. The first kappa shape index (κ1) is 54.0. The molecular formula is C60H72N8O10S. The number of nitro groups is 1. The van der Waals surface area contributed by atoms with Gasteiger partial charge in [0, 0.05) is 101 Å². The zero-order valence-electron chi connectivity index (χ0n) is 45.9. The van der Waals surface area contributed by atoms with Crippen LogP contribution < -0.4 is 33.9 Å². The Labute approximate surface area is 462 Å². The number of nitrogens with zero attached hydrogens (tertiary/aromatic N) is 5. The van der Waals surface area contributed by atoms with Gasteiger partial charge >= 0.3 is 0 Å². The fraction of sp³-hybridized carbons (Fsp3) is 0.467. The summed E-state index contributed by atoms with van der Waals surface area (Å²) in [7, 11) is -3.17. The molecule has 5 heterocycles. The standard InChI is InChI=1S/C60H72N8O10S/c1-38(2)46-9-7-8-10-47(46)50-37-65(36-40-11-14-44(75-6)15-12-40)27-28-67(50)43-32-60(33-43)22-25-66(26-23-60)42-13-16-48(51(30-42)76-45-29-41-19-24-61-56(41)63-35-45)57(69)64-79(73,74)52-31-49(68(71)72)53(55-54(52)77-58(3,4)78-55)62-34-39-17-20-59(5,70)21-18-39/h7-16,19,24,29-31,35,38-39,43,50,62,70H,17-18,20-23,25-28,32-34,36-37H2,1-6H3,(H,61,63)(H,64,69)/t39?,50-,59?/m0/s1. The number of piperazine rings is 1. The van der Waals surface area contributed by atoms with Crippen LogP contribution in [0.15, 0.2) is 102 Å². The van der Waals surface area contributed by atoms with E-state index in [1.165, 1.54) is 22.9 Å². The van der Waals surface area contributed by atoms with Gasteiger partial charge in [-0.25, -0.2) is 18.1 Å². The maximum atomic E-state index is 14.5. The van der Waals surface area contributed by atoms with Crippen molar-refractivity contribution in [3.8, 4) is 28.7 Å². The van der Waals surface area contributed by atoms with Crippen molar-refractivity contribution in [3.05, 3.63) is 130 Å². The lowest BCUT2D eigenvalue weighted by atomic mass is 9.59. The molecule has 0 radical (unpaired) electrons. The number of rotatable bonds is 16. The van der Waals surface area contributed by atoms with Gasteiger partial charge in [-0.1, -0.05) is 50.2 Å². The number of carbonyl (C=O) groups excluding carboxylic acids is 1. The van der Waals surface area contributed by atoms with Crippen LogP contribution in [0.3, 0.4) is 0 Å². The second kappa shape index (κ2) is 21.3. The Morgan fingerprint density at radius 1 is 0.924 bits per heavy atom. The summed E-state index contributed by atoms with van der Waals surface area (Å²) in [6, 6.07) is 27.8. The number of H-pyrrole nitrogens is 1. The van der Waals surface area contributed by atoms with Crippen LogP contribution >= 0.6 is 0 Å². The first-order chi connectivity index (χ1) is 37.7. The first-order valence-electron chi connectivity index (χ1n) is 27.7. The van der Waals surface area contributed by atoms with Crippen molar-refractivity contribution in [1.29, 1.82) is 0 Å². The lowest BCUT2D eigenvalue weighted by molar-refractivity contribution is -0.384. The van der Waals surface area contributed by atoms with Crippen LogP contribution in [-0.4, -0.2) is 108 Å². The lowest BCUT2D eigenvalue weighted by Crippen LogP contribution is -2.60. The number of sulfonamides is 1. The number of carbonyl (C=O) groups is 1. The minimum absolute atomic E-state index is 0.0271. The third-order valence-electron chi connectivity index (χ3n) is 17.2. The molecule has 11 rings (SSSR count). The molecule has 418 valence electrons. The van der Waals surface area contributed by atoms with Gasteiger partial charge in [-0.3, -0.25) is 24.7 Å². The number of piperidine rings is 1. The second-order valence-electron chi connectivity index (χ2n) is 23.6. The van der Waals surface area contributed by atoms with E-state index in [2.05, 4.69) is 85.0 Å². The molecule has 2 aliphatic carbocycles. The number of ether oxygens (including phenoxy) is 4. The number of anilines is 2. The lowest BCUT2D eigenvalue weighted by Gasteiger charge is -2.58. The summed E-state index contributed by atoms with van der Waals surface area (Å²) in [5.74, 6) is -1.02. The van der Waals surface area contributed by atoms with E-state index in [4.69, 9.17) is 18.9 Å². The smallest absolute Gasteiger partial charge is 0.297 e. The van der Waals surface area contributed by atoms with Crippen LogP contribution in [0.4, 0.5) is 17.1 Å². The Morgan fingerprint density at radius 3 is 2.38 bits per heavy atom. The van der Waals surface area contributed by atoms with E-state index in [0.29, 0.717) is 55.6 Å². The highest BCUT2D eigenvalue weighted by Crippen LogP contribution is 2.55. The minimum Gasteiger partial charge on any atom is -0.497 e. The molecule has 19 heteroatoms. The second-order valence-corrected chi connectivity index (χ2v) is 25.2. The number of amides is 1. The highest BCUT2D eigenvalue weighted by molar-refractivity contribution is 7.90. The van der Waals surface area contributed by atoms with Gasteiger partial charge in [0.25, 0.3) is 21.6 Å². The zero-order valence-corrected chi connectivity index (χ0v) is 46.7. The van der Waals surface area contributed by atoms with Gasteiger partial charge in [0.1, 0.15) is 27.8 Å². The maximum Gasteiger partial charge on any atom is 0.297 e. The molecule has 4 N–H and O–H groups in total. The van der Waals surface area contributed by atoms with Gasteiger partial charge in [0.2, 0.25) is 5.79 Å². The number of aliphatic hydroxyl groups is 1. The Balaban J connectivity index is 0.813. The van der Waals surface area contributed by atoms with Gasteiger partial charge < -0.3 is 39.3 Å². The minimum atomic E-state index is -4.87. The van der Waals surface area contributed by atoms with Crippen molar-refractivity contribution in [1.82, 2.24) is 24.5 Å². The number of benzene rings is 4. The molecule has 1 spiro atoms. The van der Waals surface area contributed by atoms with Crippen molar-refractivity contribution in [2.75, 3.05) is 56.6 Å². The summed E-state index contributed by atoms with van der Waals surface area (Å²) < 4.78 is 55.1. The molecule has 1 amide bonds. The fourth-order valence-corrected chi connectivity index (χ4v) is 13.9. The van der Waals surface area contributed by atoms with Crippen LogP contribution in [0.5, 0.6) is 28.7 Å². The van der Waals surface area contributed by atoms with E-state index < -0.39 is 42.8 Å². The summed E-state index contributed by atoms with van der Waals surface area (Å²) in [5, 5.41) is 27.1.